The maximum atomic E-state index is 4.57. The minimum atomic E-state index is 0.569. The Hall–Kier alpha value is -1.30. The molecule has 0 bridgehead atoms. The van der Waals surface area contributed by atoms with Gasteiger partial charge in [0, 0.05) is 12.5 Å². The Balaban J connectivity index is 1.74. The van der Waals surface area contributed by atoms with Crippen molar-refractivity contribution in [1.82, 2.24) is 19.8 Å². The second-order valence-electron chi connectivity index (χ2n) is 4.59. The molecule has 0 aromatic carbocycles. The van der Waals surface area contributed by atoms with E-state index in [2.05, 4.69) is 26.9 Å². The molecule has 1 fully saturated rings. The van der Waals surface area contributed by atoms with Crippen LogP contribution in [0.2, 0.25) is 0 Å². The molecule has 0 spiro atoms. The summed E-state index contributed by atoms with van der Waals surface area (Å²) in [6.07, 6.45) is 5.71. The lowest BCUT2D eigenvalue weighted by Gasteiger charge is -2.05. The third-order valence-corrected chi connectivity index (χ3v) is 3.76. The van der Waals surface area contributed by atoms with Crippen molar-refractivity contribution in [3.05, 3.63) is 18.0 Å². The molecule has 0 unspecified atom stereocenters. The Morgan fingerprint density at radius 2 is 2.28 bits per heavy atom. The summed E-state index contributed by atoms with van der Waals surface area (Å²) in [5, 5.41) is 16.3. The van der Waals surface area contributed by atoms with E-state index in [9.17, 15) is 0 Å². The predicted octanol–water partition coefficient (Wildman–Crippen LogP) is 2.17. The highest BCUT2D eigenvalue weighted by Gasteiger charge is 2.29. The molecule has 0 radical (unpaired) electrons. The van der Waals surface area contributed by atoms with Gasteiger partial charge in [-0.1, -0.05) is 0 Å². The monoisotopic (exact) mass is 263 g/mol. The van der Waals surface area contributed by atoms with Crippen molar-refractivity contribution >= 4 is 23.2 Å². The second kappa shape index (κ2) is 5.14. The van der Waals surface area contributed by atoms with Gasteiger partial charge in [-0.2, -0.15) is 16.3 Å². The van der Waals surface area contributed by atoms with Crippen molar-refractivity contribution in [2.45, 2.75) is 25.2 Å². The van der Waals surface area contributed by atoms with Gasteiger partial charge >= 0.3 is 0 Å². The molecule has 6 heteroatoms. The molecule has 0 amide bonds. The summed E-state index contributed by atoms with van der Waals surface area (Å²) < 4.78 is 1.88. The minimum Gasteiger partial charge on any atom is -0.369 e. The van der Waals surface area contributed by atoms with E-state index in [1.807, 2.05) is 28.4 Å². The van der Waals surface area contributed by atoms with E-state index >= 15 is 0 Å². The summed E-state index contributed by atoms with van der Waals surface area (Å²) in [6, 6.07) is 3.95. The molecule has 2 aromatic rings. The zero-order valence-corrected chi connectivity index (χ0v) is 11.3. The van der Waals surface area contributed by atoms with Crippen molar-refractivity contribution in [2.24, 2.45) is 0 Å². The van der Waals surface area contributed by atoms with Crippen LogP contribution in [0.5, 0.6) is 0 Å². The predicted molar refractivity (Wildman–Crippen MR) is 74.2 cm³/mol. The van der Waals surface area contributed by atoms with E-state index in [1.165, 1.54) is 18.6 Å². The first kappa shape index (κ1) is 11.8. The highest BCUT2D eigenvalue weighted by molar-refractivity contribution is 7.98. The van der Waals surface area contributed by atoms with Crippen LogP contribution in [-0.4, -0.2) is 38.4 Å². The summed E-state index contributed by atoms with van der Waals surface area (Å²) in [5.41, 5.74) is 0.839. The molecular weight excluding hydrogens is 246 g/mol. The van der Waals surface area contributed by atoms with E-state index in [0.717, 1.165) is 30.3 Å². The Kier molecular flexibility index (Phi) is 3.36. The molecule has 0 aliphatic heterocycles. The maximum Gasteiger partial charge on any atom is 0.178 e. The number of hydrogen-bond donors (Lipinski definition) is 1. The van der Waals surface area contributed by atoms with E-state index < -0.39 is 0 Å². The molecule has 96 valence electrons. The van der Waals surface area contributed by atoms with Gasteiger partial charge < -0.3 is 5.32 Å². The lowest BCUT2D eigenvalue weighted by Crippen LogP contribution is -2.07. The zero-order chi connectivity index (χ0) is 12.4. The Labute approximate surface area is 110 Å². The maximum absolute atomic E-state index is 4.57. The Bertz CT molecular complexity index is 534. The molecule has 2 aromatic heterocycles. The fraction of sp³-hybridized carbons (Fsp3) is 0.583. The van der Waals surface area contributed by atoms with Crippen molar-refractivity contribution in [3.63, 3.8) is 0 Å². The standard InChI is InChI=1S/C12H17N5S/c1-18-8-2-7-13-10-5-6-11-14-15-12(9-3-4-9)17(11)16-10/h5-6,9H,2-4,7-8H2,1H3,(H,13,16). The van der Waals surface area contributed by atoms with Crippen molar-refractivity contribution < 1.29 is 0 Å². The van der Waals surface area contributed by atoms with Crippen molar-refractivity contribution in [2.75, 3.05) is 23.9 Å². The molecule has 18 heavy (non-hydrogen) atoms. The van der Waals surface area contributed by atoms with Crippen LogP contribution in [0.1, 0.15) is 31.0 Å². The number of thioether (sulfide) groups is 1. The van der Waals surface area contributed by atoms with Crippen LogP contribution < -0.4 is 5.32 Å². The molecule has 1 N–H and O–H groups in total. The van der Waals surface area contributed by atoms with Crippen molar-refractivity contribution in [1.29, 1.82) is 0 Å². The number of nitrogens with one attached hydrogen (secondary N) is 1. The molecule has 1 aliphatic carbocycles. The Morgan fingerprint density at radius 3 is 3.06 bits per heavy atom. The van der Waals surface area contributed by atoms with Crippen LogP contribution in [0.25, 0.3) is 5.65 Å². The van der Waals surface area contributed by atoms with Gasteiger partial charge in [0.1, 0.15) is 5.82 Å². The number of anilines is 1. The lowest BCUT2D eigenvalue weighted by atomic mass is 10.4. The normalized spacial score (nSPS) is 15.2. The van der Waals surface area contributed by atoms with Crippen LogP contribution in [0.15, 0.2) is 12.1 Å². The van der Waals surface area contributed by atoms with Crippen LogP contribution in [0.3, 0.4) is 0 Å². The number of nitrogens with zero attached hydrogens (tertiary/aromatic N) is 4. The van der Waals surface area contributed by atoms with Crippen LogP contribution in [0, 0.1) is 0 Å². The summed E-state index contributed by atoms with van der Waals surface area (Å²) >= 11 is 1.87. The van der Waals surface area contributed by atoms with Gasteiger partial charge in [0.2, 0.25) is 0 Å². The van der Waals surface area contributed by atoms with E-state index in [1.54, 1.807) is 0 Å². The summed E-state index contributed by atoms with van der Waals surface area (Å²) in [6.45, 7) is 0.959. The molecule has 1 aliphatic rings. The molecule has 2 heterocycles. The third-order valence-electron chi connectivity index (χ3n) is 3.06. The molecule has 0 atom stereocenters. The molecule has 1 saturated carbocycles. The van der Waals surface area contributed by atoms with Gasteiger partial charge in [-0.15, -0.1) is 15.3 Å². The van der Waals surface area contributed by atoms with E-state index in [0.29, 0.717) is 5.92 Å². The van der Waals surface area contributed by atoms with E-state index in [4.69, 9.17) is 0 Å². The third kappa shape index (κ3) is 2.43. The quantitative estimate of drug-likeness (QED) is 0.809. The highest BCUT2D eigenvalue weighted by Crippen LogP contribution is 2.38. The van der Waals surface area contributed by atoms with Gasteiger partial charge in [-0.3, -0.25) is 0 Å². The SMILES string of the molecule is CSCCCNc1ccc2nnc(C3CC3)n2n1. The Morgan fingerprint density at radius 1 is 1.39 bits per heavy atom. The first-order chi connectivity index (χ1) is 8.88. The molecule has 3 rings (SSSR count). The number of fused-ring (bicyclic) bond motifs is 1. The van der Waals surface area contributed by atoms with Gasteiger partial charge in [0.15, 0.2) is 11.5 Å². The fourth-order valence-electron chi connectivity index (χ4n) is 1.93. The lowest BCUT2D eigenvalue weighted by molar-refractivity contribution is 0.812. The largest absolute Gasteiger partial charge is 0.369 e. The smallest absolute Gasteiger partial charge is 0.178 e. The van der Waals surface area contributed by atoms with Crippen LogP contribution >= 0.6 is 11.8 Å². The fourth-order valence-corrected chi connectivity index (χ4v) is 2.36. The number of aromatic nitrogens is 4. The van der Waals surface area contributed by atoms with Gasteiger partial charge in [0.05, 0.1) is 0 Å². The molecular formula is C12H17N5S. The van der Waals surface area contributed by atoms with Gasteiger partial charge in [-0.05, 0) is 43.4 Å². The van der Waals surface area contributed by atoms with Crippen LogP contribution in [0.4, 0.5) is 5.82 Å². The summed E-state index contributed by atoms with van der Waals surface area (Å²) in [5.74, 6) is 3.66. The first-order valence-electron chi connectivity index (χ1n) is 6.33. The highest BCUT2D eigenvalue weighted by atomic mass is 32.2. The van der Waals surface area contributed by atoms with Crippen LogP contribution in [-0.2, 0) is 0 Å². The minimum absolute atomic E-state index is 0.569. The van der Waals surface area contributed by atoms with Gasteiger partial charge in [0.25, 0.3) is 0 Å². The number of hydrogen-bond acceptors (Lipinski definition) is 5. The zero-order valence-electron chi connectivity index (χ0n) is 10.5. The second-order valence-corrected chi connectivity index (χ2v) is 5.58. The first-order valence-corrected chi connectivity index (χ1v) is 7.73. The summed E-state index contributed by atoms with van der Waals surface area (Å²) in [4.78, 5) is 0. The van der Waals surface area contributed by atoms with E-state index in [-0.39, 0.29) is 0 Å². The van der Waals surface area contributed by atoms with Crippen molar-refractivity contribution in [3.8, 4) is 0 Å². The molecule has 0 saturated heterocycles. The van der Waals surface area contributed by atoms with Gasteiger partial charge in [-0.25, -0.2) is 0 Å². The average molecular weight is 263 g/mol. The topological polar surface area (TPSA) is 55.1 Å². The average Bonchev–Trinajstić information content (AvgIpc) is 3.15. The summed E-state index contributed by atoms with van der Waals surface area (Å²) in [7, 11) is 0. The number of rotatable bonds is 6. The molecule has 5 nitrogen and oxygen atoms in total.